The Bertz CT molecular complexity index is 677. The molecule has 3 rings (SSSR count). The number of hydrogen-bond donors (Lipinski definition) is 2. The molecule has 2 fully saturated rings. The smallest absolute Gasteiger partial charge is 0.253 e. The Labute approximate surface area is 169 Å². The predicted octanol–water partition coefficient (Wildman–Crippen LogP) is 3.18. The Morgan fingerprint density at radius 2 is 1.75 bits per heavy atom. The molecule has 0 bridgehead atoms. The summed E-state index contributed by atoms with van der Waals surface area (Å²) < 4.78 is 0. The molecule has 0 radical (unpaired) electrons. The molecular formula is C23H35N3O2. The van der Waals surface area contributed by atoms with Crippen molar-refractivity contribution in [2.75, 3.05) is 19.6 Å². The Balaban J connectivity index is 1.61. The summed E-state index contributed by atoms with van der Waals surface area (Å²) in [5.74, 6) is 0.464. The highest BCUT2D eigenvalue weighted by atomic mass is 16.2. The zero-order valence-electron chi connectivity index (χ0n) is 17.4. The van der Waals surface area contributed by atoms with Crippen LogP contribution in [-0.2, 0) is 4.79 Å². The second-order valence-electron chi connectivity index (χ2n) is 8.72. The van der Waals surface area contributed by atoms with E-state index in [4.69, 9.17) is 5.73 Å². The predicted molar refractivity (Wildman–Crippen MR) is 112 cm³/mol. The number of nitrogens with zero attached hydrogens (tertiary/aromatic N) is 1. The summed E-state index contributed by atoms with van der Waals surface area (Å²) in [5, 5.41) is 3.22. The highest BCUT2D eigenvalue weighted by Gasteiger charge is 2.31. The third-order valence-corrected chi connectivity index (χ3v) is 6.35. The molecule has 5 heteroatoms. The number of rotatable bonds is 5. The first-order valence-corrected chi connectivity index (χ1v) is 10.9. The van der Waals surface area contributed by atoms with Gasteiger partial charge in [-0.2, -0.15) is 0 Å². The molecule has 1 saturated heterocycles. The van der Waals surface area contributed by atoms with Crippen molar-refractivity contribution in [2.45, 2.75) is 64.8 Å². The minimum Gasteiger partial charge on any atom is -0.352 e. The number of carbonyl (C=O) groups excluding carboxylic acids is 2. The first-order valence-electron chi connectivity index (χ1n) is 10.9. The molecular weight excluding hydrogens is 350 g/mol. The maximum absolute atomic E-state index is 13.0. The lowest BCUT2D eigenvalue weighted by Crippen LogP contribution is -2.51. The van der Waals surface area contributed by atoms with Gasteiger partial charge in [-0.05, 0) is 57.6 Å². The van der Waals surface area contributed by atoms with Crippen molar-refractivity contribution in [1.29, 1.82) is 0 Å². The lowest BCUT2D eigenvalue weighted by atomic mass is 9.83. The van der Waals surface area contributed by atoms with Gasteiger partial charge >= 0.3 is 0 Å². The van der Waals surface area contributed by atoms with Crippen molar-refractivity contribution in [3.05, 3.63) is 34.9 Å². The first-order chi connectivity index (χ1) is 13.5. The Kier molecular flexibility index (Phi) is 7.11. The maximum Gasteiger partial charge on any atom is 0.253 e. The average molecular weight is 386 g/mol. The molecule has 2 atom stereocenters. The maximum atomic E-state index is 13.0. The molecule has 1 heterocycles. The van der Waals surface area contributed by atoms with E-state index in [2.05, 4.69) is 11.4 Å². The Morgan fingerprint density at radius 3 is 2.39 bits per heavy atom. The standard InChI is InChI=1S/C23H35N3O2/c1-16-11-17(2)13-20(12-16)23(28)26-10-6-9-19(15-26)22(27)25-21(14-24)18-7-4-3-5-8-18/h11-13,18-19,21H,3-10,14-15,24H2,1-2H3,(H,25,27). The fourth-order valence-electron chi connectivity index (χ4n) is 4.86. The van der Waals surface area contributed by atoms with E-state index in [0.717, 1.165) is 48.9 Å². The summed E-state index contributed by atoms with van der Waals surface area (Å²) in [7, 11) is 0. The van der Waals surface area contributed by atoms with E-state index in [9.17, 15) is 9.59 Å². The van der Waals surface area contributed by atoms with E-state index in [0.29, 0.717) is 19.0 Å². The van der Waals surface area contributed by atoms with Gasteiger partial charge in [0, 0.05) is 31.2 Å². The minimum atomic E-state index is -0.138. The van der Waals surface area contributed by atoms with Crippen molar-refractivity contribution in [2.24, 2.45) is 17.6 Å². The molecule has 1 aliphatic carbocycles. The number of amides is 2. The lowest BCUT2D eigenvalue weighted by molar-refractivity contribution is -0.127. The summed E-state index contributed by atoms with van der Waals surface area (Å²) in [6.07, 6.45) is 7.78. The number of aryl methyl sites for hydroxylation is 2. The normalized spacial score (nSPS) is 22.0. The molecule has 1 saturated carbocycles. The number of carbonyl (C=O) groups is 2. The molecule has 2 unspecified atom stereocenters. The van der Waals surface area contributed by atoms with Crippen LogP contribution >= 0.6 is 0 Å². The van der Waals surface area contributed by atoms with Crippen LogP contribution in [-0.4, -0.2) is 42.4 Å². The van der Waals surface area contributed by atoms with E-state index in [-0.39, 0.29) is 23.8 Å². The lowest BCUT2D eigenvalue weighted by Gasteiger charge is -2.35. The molecule has 154 valence electrons. The van der Waals surface area contributed by atoms with E-state index < -0.39 is 0 Å². The highest BCUT2D eigenvalue weighted by molar-refractivity contribution is 5.95. The average Bonchev–Trinajstić information content (AvgIpc) is 2.71. The number of piperidine rings is 1. The Hall–Kier alpha value is -1.88. The van der Waals surface area contributed by atoms with Gasteiger partial charge in [-0.3, -0.25) is 9.59 Å². The summed E-state index contributed by atoms with van der Waals surface area (Å²) in [6, 6.07) is 6.01. The second kappa shape index (κ2) is 9.55. The SMILES string of the molecule is Cc1cc(C)cc(C(=O)N2CCCC(C(=O)NC(CN)C3CCCCC3)C2)c1. The molecule has 5 nitrogen and oxygen atoms in total. The molecule has 0 aromatic heterocycles. The topological polar surface area (TPSA) is 75.4 Å². The monoisotopic (exact) mass is 385 g/mol. The fraction of sp³-hybridized carbons (Fsp3) is 0.652. The summed E-state index contributed by atoms with van der Waals surface area (Å²) in [4.78, 5) is 27.7. The molecule has 1 aromatic rings. The molecule has 2 amide bonds. The molecule has 2 aliphatic rings. The van der Waals surface area contributed by atoms with Gasteiger partial charge in [0.15, 0.2) is 0 Å². The number of nitrogens with two attached hydrogens (primary N) is 1. The summed E-state index contributed by atoms with van der Waals surface area (Å²) in [5.41, 5.74) is 8.89. The van der Waals surface area contributed by atoms with Crippen molar-refractivity contribution in [3.8, 4) is 0 Å². The van der Waals surface area contributed by atoms with E-state index in [1.165, 1.54) is 19.3 Å². The second-order valence-corrected chi connectivity index (χ2v) is 8.72. The molecule has 0 spiro atoms. The van der Waals surface area contributed by atoms with Crippen LogP contribution in [0.25, 0.3) is 0 Å². The van der Waals surface area contributed by atoms with Crippen LogP contribution in [0.15, 0.2) is 18.2 Å². The van der Waals surface area contributed by atoms with Crippen LogP contribution in [0.4, 0.5) is 0 Å². The quantitative estimate of drug-likeness (QED) is 0.817. The van der Waals surface area contributed by atoms with Crippen molar-refractivity contribution < 1.29 is 9.59 Å². The van der Waals surface area contributed by atoms with Gasteiger partial charge < -0.3 is 16.0 Å². The van der Waals surface area contributed by atoms with Gasteiger partial charge in [0.2, 0.25) is 5.91 Å². The highest BCUT2D eigenvalue weighted by Crippen LogP contribution is 2.27. The van der Waals surface area contributed by atoms with Crippen LogP contribution in [0.5, 0.6) is 0 Å². The molecule has 3 N–H and O–H groups in total. The molecule has 1 aromatic carbocycles. The molecule has 28 heavy (non-hydrogen) atoms. The van der Waals surface area contributed by atoms with Crippen molar-refractivity contribution in [1.82, 2.24) is 10.2 Å². The zero-order valence-corrected chi connectivity index (χ0v) is 17.4. The fourth-order valence-corrected chi connectivity index (χ4v) is 4.86. The van der Waals surface area contributed by atoms with Crippen molar-refractivity contribution >= 4 is 11.8 Å². The van der Waals surface area contributed by atoms with Gasteiger partial charge in [-0.15, -0.1) is 0 Å². The van der Waals surface area contributed by atoms with E-state index in [1.807, 2.05) is 30.9 Å². The van der Waals surface area contributed by atoms with Gasteiger partial charge in [0.25, 0.3) is 5.91 Å². The number of benzene rings is 1. The third kappa shape index (κ3) is 5.13. The van der Waals surface area contributed by atoms with Crippen LogP contribution in [0.1, 0.15) is 66.4 Å². The third-order valence-electron chi connectivity index (χ3n) is 6.35. The summed E-state index contributed by atoms with van der Waals surface area (Å²) in [6.45, 7) is 5.73. The zero-order chi connectivity index (χ0) is 20.1. The van der Waals surface area contributed by atoms with Gasteiger partial charge in [0.1, 0.15) is 0 Å². The van der Waals surface area contributed by atoms with Crippen LogP contribution in [0.3, 0.4) is 0 Å². The minimum absolute atomic E-state index is 0.0342. The first kappa shape index (κ1) is 20.8. The van der Waals surface area contributed by atoms with Crippen LogP contribution in [0, 0.1) is 25.7 Å². The largest absolute Gasteiger partial charge is 0.352 e. The van der Waals surface area contributed by atoms with Crippen molar-refractivity contribution in [3.63, 3.8) is 0 Å². The van der Waals surface area contributed by atoms with Gasteiger partial charge in [0.05, 0.1) is 5.92 Å². The number of hydrogen-bond acceptors (Lipinski definition) is 3. The van der Waals surface area contributed by atoms with Crippen LogP contribution in [0.2, 0.25) is 0 Å². The molecule has 1 aliphatic heterocycles. The van der Waals surface area contributed by atoms with Crippen LogP contribution < -0.4 is 11.1 Å². The number of nitrogens with one attached hydrogen (secondary N) is 1. The Morgan fingerprint density at radius 1 is 1.07 bits per heavy atom. The van der Waals surface area contributed by atoms with E-state index in [1.54, 1.807) is 0 Å². The summed E-state index contributed by atoms with van der Waals surface area (Å²) >= 11 is 0. The van der Waals surface area contributed by atoms with E-state index >= 15 is 0 Å². The number of likely N-dealkylation sites (tertiary alicyclic amines) is 1. The van der Waals surface area contributed by atoms with Gasteiger partial charge in [-0.1, -0.05) is 36.5 Å². The van der Waals surface area contributed by atoms with Gasteiger partial charge in [-0.25, -0.2) is 0 Å².